The molecule has 0 saturated heterocycles. The van der Waals surface area contributed by atoms with Crippen molar-refractivity contribution in [3.05, 3.63) is 59.1 Å². The second-order valence-corrected chi connectivity index (χ2v) is 4.99. The summed E-state index contributed by atoms with van der Waals surface area (Å²) in [7, 11) is 1.86. The summed E-state index contributed by atoms with van der Waals surface area (Å²) in [5.74, 6) is 0.580. The van der Waals surface area contributed by atoms with E-state index >= 15 is 0 Å². The van der Waals surface area contributed by atoms with Gasteiger partial charge in [0.25, 0.3) is 5.91 Å². The Balaban J connectivity index is 1.85. The molecule has 0 aliphatic carbocycles. The smallest absolute Gasteiger partial charge is 0.268 e. The van der Waals surface area contributed by atoms with Crippen molar-refractivity contribution in [1.82, 2.24) is 9.88 Å². The summed E-state index contributed by atoms with van der Waals surface area (Å²) in [4.78, 5) is 12.2. The number of halogens is 1. The first kappa shape index (κ1) is 12.8. The minimum absolute atomic E-state index is 0.142. The van der Waals surface area contributed by atoms with Crippen LogP contribution in [-0.4, -0.2) is 10.5 Å². The molecule has 0 aliphatic heterocycles. The molecule has 0 spiro atoms. The largest absolute Gasteiger partial charge is 0.467 e. The van der Waals surface area contributed by atoms with Crippen molar-refractivity contribution in [1.29, 1.82) is 0 Å². The van der Waals surface area contributed by atoms with Gasteiger partial charge >= 0.3 is 0 Å². The van der Waals surface area contributed by atoms with Gasteiger partial charge in [-0.2, -0.15) is 0 Å². The van der Waals surface area contributed by atoms with E-state index in [-0.39, 0.29) is 5.91 Å². The van der Waals surface area contributed by atoms with Crippen LogP contribution in [0.25, 0.3) is 10.9 Å². The molecule has 0 saturated carbocycles. The third kappa shape index (κ3) is 2.30. The number of hydrogen-bond donors (Lipinski definition) is 1. The summed E-state index contributed by atoms with van der Waals surface area (Å²) in [6.45, 7) is 0.369. The Bertz CT molecular complexity index is 760. The van der Waals surface area contributed by atoms with E-state index in [9.17, 15) is 4.79 Å². The van der Waals surface area contributed by atoms with Gasteiger partial charge < -0.3 is 14.3 Å². The van der Waals surface area contributed by atoms with Crippen LogP contribution >= 0.6 is 11.6 Å². The van der Waals surface area contributed by atoms with Gasteiger partial charge in [-0.25, -0.2) is 0 Å². The van der Waals surface area contributed by atoms with E-state index < -0.39 is 0 Å². The number of nitrogens with one attached hydrogen (secondary N) is 1. The fraction of sp³-hybridized carbons (Fsp3) is 0.133. The number of amides is 1. The third-order valence-corrected chi connectivity index (χ3v) is 3.48. The van der Waals surface area contributed by atoms with Crippen LogP contribution in [0.2, 0.25) is 5.02 Å². The molecule has 0 unspecified atom stereocenters. The van der Waals surface area contributed by atoms with Crippen molar-refractivity contribution in [2.45, 2.75) is 6.54 Å². The first-order valence-corrected chi connectivity index (χ1v) is 6.58. The first-order valence-electron chi connectivity index (χ1n) is 6.21. The van der Waals surface area contributed by atoms with E-state index in [0.717, 1.165) is 16.7 Å². The lowest BCUT2D eigenvalue weighted by Crippen LogP contribution is -2.24. The number of carbonyl (C=O) groups is 1. The topological polar surface area (TPSA) is 47.2 Å². The lowest BCUT2D eigenvalue weighted by Gasteiger charge is -2.05. The molecule has 0 fully saturated rings. The van der Waals surface area contributed by atoms with Crippen molar-refractivity contribution in [3.8, 4) is 0 Å². The number of furan rings is 1. The molecule has 20 heavy (non-hydrogen) atoms. The number of fused-ring (bicyclic) bond motifs is 1. The standard InChI is InChI=1S/C15H13ClN2O2/c1-18-13-5-4-11(16)7-10(13)8-14(18)15(19)17-9-12-3-2-6-20-12/h2-8H,9H2,1H3,(H,17,19). The normalized spacial score (nSPS) is 10.9. The van der Waals surface area contributed by atoms with Crippen LogP contribution in [0.4, 0.5) is 0 Å². The highest BCUT2D eigenvalue weighted by Gasteiger charge is 2.13. The van der Waals surface area contributed by atoms with Gasteiger partial charge in [0.1, 0.15) is 11.5 Å². The van der Waals surface area contributed by atoms with Crippen LogP contribution in [0.1, 0.15) is 16.2 Å². The number of nitrogens with zero attached hydrogens (tertiary/aromatic N) is 1. The zero-order chi connectivity index (χ0) is 14.1. The molecule has 4 nitrogen and oxygen atoms in total. The number of benzene rings is 1. The van der Waals surface area contributed by atoms with Gasteiger partial charge in [-0.15, -0.1) is 0 Å². The quantitative estimate of drug-likeness (QED) is 0.803. The molecule has 0 atom stereocenters. The molecule has 0 radical (unpaired) electrons. The second kappa shape index (κ2) is 5.06. The van der Waals surface area contributed by atoms with Gasteiger partial charge in [-0.3, -0.25) is 4.79 Å². The molecule has 2 aromatic heterocycles. The van der Waals surface area contributed by atoms with Crippen LogP contribution in [0.15, 0.2) is 47.1 Å². The Morgan fingerprint density at radius 2 is 2.20 bits per heavy atom. The number of rotatable bonds is 3. The molecular weight excluding hydrogens is 276 g/mol. The molecule has 0 aliphatic rings. The van der Waals surface area contributed by atoms with E-state index in [4.69, 9.17) is 16.0 Å². The van der Waals surface area contributed by atoms with Crippen molar-refractivity contribution in [2.24, 2.45) is 7.05 Å². The highest BCUT2D eigenvalue weighted by atomic mass is 35.5. The predicted molar refractivity (Wildman–Crippen MR) is 77.8 cm³/mol. The summed E-state index contributed by atoms with van der Waals surface area (Å²) in [6.07, 6.45) is 1.58. The van der Waals surface area contributed by atoms with E-state index in [2.05, 4.69) is 5.32 Å². The highest BCUT2D eigenvalue weighted by molar-refractivity contribution is 6.31. The number of aryl methyl sites for hydroxylation is 1. The average molecular weight is 289 g/mol. The van der Waals surface area contributed by atoms with Gasteiger partial charge in [0.05, 0.1) is 12.8 Å². The molecule has 1 amide bonds. The van der Waals surface area contributed by atoms with Gasteiger partial charge in [-0.1, -0.05) is 11.6 Å². The van der Waals surface area contributed by atoms with E-state index in [1.165, 1.54) is 0 Å². The summed E-state index contributed by atoms with van der Waals surface area (Å²) in [6, 6.07) is 11.0. The fourth-order valence-electron chi connectivity index (χ4n) is 2.21. The maximum Gasteiger partial charge on any atom is 0.268 e. The maximum atomic E-state index is 12.2. The van der Waals surface area contributed by atoms with Crippen LogP contribution in [0.3, 0.4) is 0 Å². The average Bonchev–Trinajstić information content (AvgIpc) is 3.04. The zero-order valence-electron chi connectivity index (χ0n) is 10.9. The Labute approximate surface area is 120 Å². The van der Waals surface area contributed by atoms with Crippen LogP contribution in [0.5, 0.6) is 0 Å². The van der Waals surface area contributed by atoms with Crippen LogP contribution in [-0.2, 0) is 13.6 Å². The van der Waals surface area contributed by atoms with Crippen molar-refractivity contribution in [3.63, 3.8) is 0 Å². The Morgan fingerprint density at radius 1 is 1.35 bits per heavy atom. The van der Waals surface area contributed by atoms with Crippen LogP contribution < -0.4 is 5.32 Å². The summed E-state index contributed by atoms with van der Waals surface area (Å²) in [5.41, 5.74) is 1.56. The van der Waals surface area contributed by atoms with Gasteiger partial charge in [-0.05, 0) is 36.4 Å². The second-order valence-electron chi connectivity index (χ2n) is 4.55. The molecule has 3 aromatic rings. The minimum atomic E-state index is -0.142. The van der Waals surface area contributed by atoms with Crippen molar-refractivity contribution >= 4 is 28.4 Å². The molecule has 5 heteroatoms. The van der Waals surface area contributed by atoms with E-state index in [1.807, 2.05) is 41.9 Å². The predicted octanol–water partition coefficient (Wildman–Crippen LogP) is 3.35. The molecular formula is C15H13ClN2O2. The number of hydrogen-bond acceptors (Lipinski definition) is 2. The maximum absolute atomic E-state index is 12.2. The summed E-state index contributed by atoms with van der Waals surface area (Å²) >= 11 is 5.97. The summed E-state index contributed by atoms with van der Waals surface area (Å²) in [5, 5.41) is 4.44. The molecule has 0 bridgehead atoms. The minimum Gasteiger partial charge on any atom is -0.467 e. The molecule has 102 valence electrons. The first-order chi connectivity index (χ1) is 9.65. The lowest BCUT2D eigenvalue weighted by atomic mass is 10.2. The van der Waals surface area contributed by atoms with Crippen molar-refractivity contribution in [2.75, 3.05) is 0 Å². The Morgan fingerprint density at radius 3 is 2.95 bits per heavy atom. The lowest BCUT2D eigenvalue weighted by molar-refractivity contribution is 0.0940. The molecule has 3 rings (SSSR count). The highest BCUT2D eigenvalue weighted by Crippen LogP contribution is 2.22. The third-order valence-electron chi connectivity index (χ3n) is 3.24. The zero-order valence-corrected chi connectivity index (χ0v) is 11.6. The molecule has 2 heterocycles. The number of carbonyl (C=O) groups excluding carboxylic acids is 1. The molecule has 1 N–H and O–H groups in total. The van der Waals surface area contributed by atoms with Crippen molar-refractivity contribution < 1.29 is 9.21 Å². The molecule has 1 aromatic carbocycles. The SMILES string of the molecule is Cn1c(C(=O)NCc2ccco2)cc2cc(Cl)ccc21. The van der Waals surface area contributed by atoms with Crippen LogP contribution in [0, 0.1) is 0 Å². The summed E-state index contributed by atoms with van der Waals surface area (Å²) < 4.78 is 7.04. The monoisotopic (exact) mass is 288 g/mol. The van der Waals surface area contributed by atoms with Gasteiger partial charge in [0.2, 0.25) is 0 Å². The number of aromatic nitrogens is 1. The fourth-order valence-corrected chi connectivity index (χ4v) is 2.39. The van der Waals surface area contributed by atoms with Gasteiger partial charge in [0.15, 0.2) is 0 Å². The Hall–Kier alpha value is -2.20. The Kier molecular flexibility index (Phi) is 3.24. The van der Waals surface area contributed by atoms with E-state index in [1.54, 1.807) is 12.3 Å². The van der Waals surface area contributed by atoms with E-state index in [0.29, 0.717) is 17.3 Å². The van der Waals surface area contributed by atoms with Gasteiger partial charge in [0, 0.05) is 23.0 Å².